The zero-order valence-corrected chi connectivity index (χ0v) is 12.7. The smallest absolute Gasteiger partial charge is 0.253 e. The normalized spacial score (nSPS) is 27.8. The second-order valence-corrected chi connectivity index (χ2v) is 5.79. The third kappa shape index (κ3) is 2.97. The van der Waals surface area contributed by atoms with E-state index in [1.54, 1.807) is 0 Å². The Morgan fingerprint density at radius 3 is 2.86 bits per heavy atom. The number of rotatable bonds is 2. The van der Waals surface area contributed by atoms with Crippen molar-refractivity contribution in [3.05, 3.63) is 24.0 Å². The van der Waals surface area contributed by atoms with Crippen molar-refractivity contribution < 1.29 is 14.3 Å². The van der Waals surface area contributed by atoms with Crippen LogP contribution < -0.4 is 0 Å². The van der Waals surface area contributed by atoms with Crippen LogP contribution in [0.15, 0.2) is 18.3 Å². The molecule has 0 unspecified atom stereocenters. The Labute approximate surface area is 125 Å². The molecule has 2 aliphatic heterocycles. The van der Waals surface area contributed by atoms with E-state index in [-0.39, 0.29) is 18.1 Å². The van der Waals surface area contributed by atoms with Crippen molar-refractivity contribution in [1.29, 1.82) is 0 Å². The van der Waals surface area contributed by atoms with Gasteiger partial charge in [0.05, 0.1) is 25.9 Å². The summed E-state index contributed by atoms with van der Waals surface area (Å²) in [4.78, 5) is 16.9. The average Bonchev–Trinajstić information content (AvgIpc) is 2.92. The fraction of sp³-hybridized carbons (Fsp3) is 0.667. The lowest BCUT2D eigenvalue weighted by Crippen LogP contribution is -2.53. The molecule has 1 aromatic rings. The Morgan fingerprint density at radius 2 is 2.14 bits per heavy atom. The van der Waals surface area contributed by atoms with E-state index in [0.717, 1.165) is 12.2 Å². The topological polar surface area (TPSA) is 46.9 Å². The zero-order chi connectivity index (χ0) is 14.8. The predicted molar refractivity (Wildman–Crippen MR) is 77.9 cm³/mol. The highest BCUT2D eigenvalue weighted by molar-refractivity contribution is 5.82. The van der Waals surface area contributed by atoms with Crippen molar-refractivity contribution >= 4 is 5.91 Å². The van der Waals surface area contributed by atoms with Crippen LogP contribution in [0.1, 0.15) is 11.7 Å². The van der Waals surface area contributed by atoms with Crippen LogP contribution in [0.2, 0.25) is 0 Å². The lowest BCUT2D eigenvalue weighted by Gasteiger charge is -2.39. The van der Waals surface area contributed by atoms with Crippen LogP contribution in [0.4, 0.5) is 0 Å². The summed E-state index contributed by atoms with van der Waals surface area (Å²) in [6.07, 6.45) is 1.64. The second-order valence-electron chi connectivity index (χ2n) is 5.79. The molecular weight excluding hydrogens is 270 g/mol. The number of nitrogens with zero attached hydrogens (tertiary/aromatic N) is 3. The highest BCUT2D eigenvalue weighted by Crippen LogP contribution is 2.25. The summed E-state index contributed by atoms with van der Waals surface area (Å²) in [5.74, 6) is 0.0797. The molecule has 6 heteroatoms. The number of ether oxygens (including phenoxy) is 2. The molecule has 0 radical (unpaired) electrons. The van der Waals surface area contributed by atoms with Crippen LogP contribution in [-0.2, 0) is 21.3 Å². The molecule has 0 N–H and O–H groups in total. The Bertz CT molecular complexity index is 502. The van der Waals surface area contributed by atoms with E-state index in [4.69, 9.17) is 9.47 Å². The molecule has 2 atom stereocenters. The van der Waals surface area contributed by atoms with Crippen molar-refractivity contribution in [2.75, 3.05) is 46.5 Å². The molecule has 0 saturated carbocycles. The van der Waals surface area contributed by atoms with Crippen LogP contribution in [0.3, 0.4) is 0 Å². The molecule has 1 aromatic heterocycles. The second kappa shape index (κ2) is 6.17. The van der Waals surface area contributed by atoms with Crippen LogP contribution in [0.25, 0.3) is 0 Å². The van der Waals surface area contributed by atoms with Gasteiger partial charge in [0.2, 0.25) is 0 Å². The summed E-state index contributed by atoms with van der Waals surface area (Å²) in [7, 11) is 4.02. The largest absolute Gasteiger partial charge is 0.377 e. The average molecular weight is 293 g/mol. The maximum atomic E-state index is 12.8. The van der Waals surface area contributed by atoms with Gasteiger partial charge in [-0.05, 0) is 19.2 Å². The molecule has 116 valence electrons. The van der Waals surface area contributed by atoms with Crippen LogP contribution in [0, 0.1) is 0 Å². The number of aromatic nitrogens is 1. The van der Waals surface area contributed by atoms with E-state index in [2.05, 4.69) is 4.90 Å². The Morgan fingerprint density at radius 1 is 1.29 bits per heavy atom. The molecule has 21 heavy (non-hydrogen) atoms. The Balaban J connectivity index is 1.77. The fourth-order valence-corrected chi connectivity index (χ4v) is 3.05. The molecule has 3 heterocycles. The molecule has 0 aromatic carbocycles. The van der Waals surface area contributed by atoms with E-state index in [9.17, 15) is 4.79 Å². The first-order valence-electron chi connectivity index (χ1n) is 7.46. The molecule has 2 aliphatic rings. The predicted octanol–water partition coefficient (Wildman–Crippen LogP) is 0.256. The number of aryl methyl sites for hydroxylation is 1. The minimum Gasteiger partial charge on any atom is -0.377 e. The van der Waals surface area contributed by atoms with E-state index >= 15 is 0 Å². The van der Waals surface area contributed by atoms with E-state index in [1.165, 1.54) is 0 Å². The van der Waals surface area contributed by atoms with E-state index in [0.29, 0.717) is 32.9 Å². The molecule has 0 bridgehead atoms. The summed E-state index contributed by atoms with van der Waals surface area (Å²) in [6, 6.07) is 4.02. The summed E-state index contributed by atoms with van der Waals surface area (Å²) >= 11 is 0. The van der Waals surface area contributed by atoms with Crippen LogP contribution in [0.5, 0.6) is 0 Å². The minimum atomic E-state index is -0.357. The molecule has 6 nitrogen and oxygen atoms in total. The molecule has 2 fully saturated rings. The highest BCUT2D eigenvalue weighted by atomic mass is 16.5. The maximum absolute atomic E-state index is 12.8. The molecule has 0 spiro atoms. The minimum absolute atomic E-state index is 0.0258. The summed E-state index contributed by atoms with van der Waals surface area (Å²) < 4.78 is 13.3. The lowest BCUT2D eigenvalue weighted by molar-refractivity contribution is -0.157. The summed E-state index contributed by atoms with van der Waals surface area (Å²) in [6.45, 7) is 3.93. The summed E-state index contributed by atoms with van der Waals surface area (Å²) in [5, 5.41) is 0. The highest BCUT2D eigenvalue weighted by Gasteiger charge is 2.35. The van der Waals surface area contributed by atoms with Gasteiger partial charge in [0.25, 0.3) is 5.91 Å². The van der Waals surface area contributed by atoms with Gasteiger partial charge in [-0.15, -0.1) is 0 Å². The van der Waals surface area contributed by atoms with E-state index < -0.39 is 0 Å². The number of amides is 1. The molecule has 1 amide bonds. The number of likely N-dealkylation sites (N-methyl/N-ethyl adjacent to an activating group) is 1. The third-order valence-corrected chi connectivity index (χ3v) is 4.28. The van der Waals surface area contributed by atoms with Crippen molar-refractivity contribution in [3.63, 3.8) is 0 Å². The van der Waals surface area contributed by atoms with Gasteiger partial charge in [-0.25, -0.2) is 0 Å². The zero-order valence-electron chi connectivity index (χ0n) is 12.7. The first kappa shape index (κ1) is 14.6. The number of hydrogen-bond acceptors (Lipinski definition) is 4. The SMILES string of the molecule is CN1CCO[C@H](C(=O)N2CCOC[C@@H]2c2cccn2C)C1. The molecule has 2 saturated heterocycles. The van der Waals surface area contributed by atoms with Crippen molar-refractivity contribution in [2.24, 2.45) is 7.05 Å². The first-order valence-corrected chi connectivity index (χ1v) is 7.46. The van der Waals surface area contributed by atoms with Crippen molar-refractivity contribution in [3.8, 4) is 0 Å². The first-order chi connectivity index (χ1) is 10.2. The van der Waals surface area contributed by atoms with Gasteiger partial charge in [-0.2, -0.15) is 0 Å². The fourth-order valence-electron chi connectivity index (χ4n) is 3.05. The van der Waals surface area contributed by atoms with Gasteiger partial charge in [0.15, 0.2) is 0 Å². The van der Waals surface area contributed by atoms with Gasteiger partial charge >= 0.3 is 0 Å². The standard InChI is InChI=1S/C15H23N3O3/c1-16-6-9-21-14(10-16)15(19)18-7-8-20-11-13(18)12-4-3-5-17(12)2/h3-5,13-14H,6-11H2,1-2H3/t13-,14+/m1/s1. The Hall–Kier alpha value is -1.37. The number of carbonyl (C=O) groups excluding carboxylic acids is 1. The summed E-state index contributed by atoms with van der Waals surface area (Å²) in [5.41, 5.74) is 1.10. The van der Waals surface area contributed by atoms with Crippen molar-refractivity contribution in [2.45, 2.75) is 12.1 Å². The maximum Gasteiger partial charge on any atom is 0.253 e. The van der Waals surface area contributed by atoms with Gasteiger partial charge in [0, 0.05) is 38.6 Å². The van der Waals surface area contributed by atoms with E-state index in [1.807, 2.05) is 41.9 Å². The quantitative estimate of drug-likeness (QED) is 0.784. The van der Waals surface area contributed by atoms with Gasteiger partial charge < -0.3 is 23.8 Å². The molecule has 3 rings (SSSR count). The van der Waals surface area contributed by atoms with Crippen LogP contribution >= 0.6 is 0 Å². The number of morpholine rings is 2. The lowest BCUT2D eigenvalue weighted by atomic mass is 10.1. The van der Waals surface area contributed by atoms with Gasteiger partial charge in [-0.3, -0.25) is 4.79 Å². The number of hydrogen-bond donors (Lipinski definition) is 0. The van der Waals surface area contributed by atoms with Gasteiger partial charge in [-0.1, -0.05) is 0 Å². The van der Waals surface area contributed by atoms with Gasteiger partial charge in [0.1, 0.15) is 6.10 Å². The molecular formula is C15H23N3O3. The van der Waals surface area contributed by atoms with Crippen molar-refractivity contribution in [1.82, 2.24) is 14.4 Å². The monoisotopic (exact) mass is 293 g/mol. The van der Waals surface area contributed by atoms with Crippen LogP contribution in [-0.4, -0.2) is 72.9 Å². The molecule has 0 aliphatic carbocycles. The Kier molecular flexibility index (Phi) is 4.28. The number of carbonyl (C=O) groups is 1. The third-order valence-electron chi connectivity index (χ3n) is 4.28.